The van der Waals surface area contributed by atoms with Crippen molar-refractivity contribution in [2.24, 2.45) is 0 Å². The van der Waals surface area contributed by atoms with E-state index in [2.05, 4.69) is 22.1 Å². The number of aromatic nitrogens is 3. The minimum Gasteiger partial charge on any atom is -0.485 e. The smallest absolute Gasteiger partial charge is 0.146 e. The maximum atomic E-state index is 6.07. The predicted molar refractivity (Wildman–Crippen MR) is 126 cm³/mol. The maximum absolute atomic E-state index is 6.07. The molecule has 5 aromatic rings. The van der Waals surface area contributed by atoms with E-state index in [1.807, 2.05) is 80.6 Å². The summed E-state index contributed by atoms with van der Waals surface area (Å²) < 4.78 is 12.1. The zero-order chi connectivity index (χ0) is 21.9. The Labute approximate surface area is 186 Å². The van der Waals surface area contributed by atoms with E-state index < -0.39 is 0 Å². The van der Waals surface area contributed by atoms with Crippen molar-refractivity contribution in [1.29, 1.82) is 0 Å². The van der Waals surface area contributed by atoms with Crippen molar-refractivity contribution in [1.82, 2.24) is 15.0 Å². The summed E-state index contributed by atoms with van der Waals surface area (Å²) in [7, 11) is 0. The van der Waals surface area contributed by atoms with E-state index in [0.717, 1.165) is 56.1 Å². The first-order chi connectivity index (χ1) is 15.7. The summed E-state index contributed by atoms with van der Waals surface area (Å²) in [6, 6.07) is 25.9. The molecule has 0 aliphatic carbocycles. The molecule has 0 aliphatic rings. The Morgan fingerprint density at radius 2 is 1.00 bits per heavy atom. The quantitative estimate of drug-likeness (QED) is 0.339. The molecule has 2 aromatic carbocycles. The topological polar surface area (TPSA) is 57.1 Å². The second kappa shape index (κ2) is 8.63. The molecule has 5 rings (SSSR count). The Hall–Kier alpha value is -3.99. The van der Waals surface area contributed by atoms with Crippen LogP contribution in [0.1, 0.15) is 22.8 Å². The van der Waals surface area contributed by atoms with Gasteiger partial charge in [-0.15, -0.1) is 0 Å². The van der Waals surface area contributed by atoms with E-state index in [0.29, 0.717) is 13.2 Å². The van der Waals surface area contributed by atoms with Crippen molar-refractivity contribution < 1.29 is 9.47 Å². The SMILES string of the molecule is Cc1ccc2cccc(OCc3cccc(COc4cccc5ccc(C)nc45)n3)c2n1. The van der Waals surface area contributed by atoms with E-state index in [-0.39, 0.29) is 0 Å². The van der Waals surface area contributed by atoms with E-state index in [9.17, 15) is 0 Å². The molecule has 0 aliphatic heterocycles. The summed E-state index contributed by atoms with van der Waals surface area (Å²) in [5, 5.41) is 2.12. The van der Waals surface area contributed by atoms with Crippen LogP contribution in [-0.2, 0) is 13.2 Å². The van der Waals surface area contributed by atoms with Crippen LogP contribution in [0.4, 0.5) is 0 Å². The number of fused-ring (bicyclic) bond motifs is 2. The van der Waals surface area contributed by atoms with Gasteiger partial charge in [-0.3, -0.25) is 4.98 Å². The third-order valence-electron chi connectivity index (χ3n) is 5.26. The van der Waals surface area contributed by atoms with Crippen LogP contribution in [-0.4, -0.2) is 15.0 Å². The minimum atomic E-state index is 0.359. The molecule has 32 heavy (non-hydrogen) atoms. The van der Waals surface area contributed by atoms with Crippen LogP contribution in [0.25, 0.3) is 21.8 Å². The number of benzene rings is 2. The lowest BCUT2D eigenvalue weighted by atomic mass is 10.2. The Balaban J connectivity index is 1.31. The van der Waals surface area contributed by atoms with Crippen molar-refractivity contribution in [2.75, 3.05) is 0 Å². The van der Waals surface area contributed by atoms with Gasteiger partial charge in [-0.1, -0.05) is 42.5 Å². The van der Waals surface area contributed by atoms with Gasteiger partial charge in [0, 0.05) is 22.2 Å². The van der Waals surface area contributed by atoms with E-state index in [1.54, 1.807) is 0 Å². The number of pyridine rings is 3. The molecular formula is C27H23N3O2. The van der Waals surface area contributed by atoms with Crippen molar-refractivity contribution in [2.45, 2.75) is 27.1 Å². The van der Waals surface area contributed by atoms with Gasteiger partial charge in [0.15, 0.2) is 0 Å². The fraction of sp³-hybridized carbons (Fsp3) is 0.148. The summed E-state index contributed by atoms with van der Waals surface area (Å²) in [6.07, 6.45) is 0. The van der Waals surface area contributed by atoms with Crippen LogP contribution in [0, 0.1) is 13.8 Å². The third kappa shape index (κ3) is 4.23. The van der Waals surface area contributed by atoms with Crippen LogP contribution in [0.5, 0.6) is 11.5 Å². The van der Waals surface area contributed by atoms with Crippen LogP contribution < -0.4 is 9.47 Å². The Bertz CT molecular complexity index is 1310. The van der Waals surface area contributed by atoms with Gasteiger partial charge in [0.25, 0.3) is 0 Å². The fourth-order valence-electron chi connectivity index (χ4n) is 3.66. The van der Waals surface area contributed by atoms with Gasteiger partial charge in [-0.25, -0.2) is 9.97 Å². The number of aryl methyl sites for hydroxylation is 2. The molecule has 3 heterocycles. The summed E-state index contributed by atoms with van der Waals surface area (Å²) in [5.74, 6) is 1.51. The molecular weight excluding hydrogens is 398 g/mol. The number of para-hydroxylation sites is 2. The van der Waals surface area contributed by atoms with Gasteiger partial charge in [0.05, 0.1) is 11.4 Å². The highest BCUT2D eigenvalue weighted by atomic mass is 16.5. The predicted octanol–water partition coefficient (Wildman–Crippen LogP) is 5.95. The lowest BCUT2D eigenvalue weighted by Crippen LogP contribution is -2.04. The Morgan fingerprint density at radius 1 is 0.531 bits per heavy atom. The molecule has 0 radical (unpaired) electrons. The van der Waals surface area contributed by atoms with Gasteiger partial charge in [-0.05, 0) is 50.2 Å². The van der Waals surface area contributed by atoms with Crippen LogP contribution in [0.3, 0.4) is 0 Å². The molecule has 5 heteroatoms. The average molecular weight is 422 g/mol. The van der Waals surface area contributed by atoms with E-state index in [4.69, 9.17) is 14.5 Å². The Morgan fingerprint density at radius 3 is 1.50 bits per heavy atom. The summed E-state index contributed by atoms with van der Waals surface area (Å²) in [6.45, 7) is 4.68. The van der Waals surface area contributed by atoms with Gasteiger partial charge in [0.1, 0.15) is 35.7 Å². The molecule has 0 unspecified atom stereocenters. The molecule has 0 N–H and O–H groups in total. The molecule has 0 bridgehead atoms. The number of nitrogens with zero attached hydrogens (tertiary/aromatic N) is 3. The molecule has 158 valence electrons. The first-order valence-corrected chi connectivity index (χ1v) is 10.6. The maximum Gasteiger partial charge on any atom is 0.146 e. The van der Waals surface area contributed by atoms with Crippen molar-refractivity contribution >= 4 is 21.8 Å². The van der Waals surface area contributed by atoms with Crippen molar-refractivity contribution in [3.05, 3.63) is 102 Å². The summed E-state index contributed by atoms with van der Waals surface area (Å²) in [4.78, 5) is 14.0. The van der Waals surface area contributed by atoms with Crippen molar-refractivity contribution in [3.63, 3.8) is 0 Å². The standard InChI is InChI=1S/C27H23N3O2/c1-18-12-14-20-6-3-10-24(26(20)28-18)31-16-22-8-5-9-23(30-22)17-32-25-11-4-7-21-15-13-19(2)29-27(21)25/h3-15H,16-17H2,1-2H3. The number of ether oxygens (including phenoxy) is 2. The molecule has 5 nitrogen and oxygen atoms in total. The molecule has 0 spiro atoms. The van der Waals surface area contributed by atoms with Crippen LogP contribution in [0.2, 0.25) is 0 Å². The average Bonchev–Trinajstić information content (AvgIpc) is 2.81. The summed E-state index contributed by atoms with van der Waals surface area (Å²) >= 11 is 0. The highest BCUT2D eigenvalue weighted by Gasteiger charge is 2.08. The highest BCUT2D eigenvalue weighted by Crippen LogP contribution is 2.26. The van der Waals surface area contributed by atoms with Crippen LogP contribution in [0.15, 0.2) is 78.9 Å². The van der Waals surface area contributed by atoms with Crippen molar-refractivity contribution in [3.8, 4) is 11.5 Å². The third-order valence-corrected chi connectivity index (χ3v) is 5.26. The number of rotatable bonds is 6. The first kappa shape index (κ1) is 19.9. The van der Waals surface area contributed by atoms with Gasteiger partial charge in [-0.2, -0.15) is 0 Å². The fourth-order valence-corrected chi connectivity index (χ4v) is 3.66. The minimum absolute atomic E-state index is 0.359. The highest BCUT2D eigenvalue weighted by molar-refractivity contribution is 5.85. The second-order valence-electron chi connectivity index (χ2n) is 7.76. The molecule has 0 atom stereocenters. The van der Waals surface area contributed by atoms with Gasteiger partial charge >= 0.3 is 0 Å². The molecule has 0 amide bonds. The number of hydrogen-bond donors (Lipinski definition) is 0. The lowest BCUT2D eigenvalue weighted by molar-refractivity contribution is 0.293. The normalized spacial score (nSPS) is 11.1. The molecule has 0 saturated carbocycles. The summed E-state index contributed by atoms with van der Waals surface area (Å²) in [5.41, 5.74) is 5.33. The zero-order valence-corrected chi connectivity index (χ0v) is 18.1. The molecule has 3 aromatic heterocycles. The Kier molecular flexibility index (Phi) is 5.38. The lowest BCUT2D eigenvalue weighted by Gasteiger charge is -2.11. The molecule has 0 fully saturated rings. The largest absolute Gasteiger partial charge is 0.485 e. The molecule has 0 saturated heterocycles. The zero-order valence-electron chi connectivity index (χ0n) is 18.1. The van der Waals surface area contributed by atoms with Gasteiger partial charge < -0.3 is 9.47 Å². The first-order valence-electron chi connectivity index (χ1n) is 10.6. The van der Waals surface area contributed by atoms with Gasteiger partial charge in [0.2, 0.25) is 0 Å². The van der Waals surface area contributed by atoms with Crippen LogP contribution >= 0.6 is 0 Å². The second-order valence-corrected chi connectivity index (χ2v) is 7.76. The number of hydrogen-bond acceptors (Lipinski definition) is 5. The monoisotopic (exact) mass is 421 g/mol. The van der Waals surface area contributed by atoms with E-state index >= 15 is 0 Å². The van der Waals surface area contributed by atoms with E-state index in [1.165, 1.54) is 0 Å².